The van der Waals surface area contributed by atoms with Crippen molar-refractivity contribution in [1.29, 1.82) is 0 Å². The molecule has 3 aromatic rings. The van der Waals surface area contributed by atoms with Crippen LogP contribution >= 0.6 is 7.82 Å². The van der Waals surface area contributed by atoms with E-state index in [1.165, 1.54) is 18.0 Å². The van der Waals surface area contributed by atoms with E-state index in [2.05, 4.69) is 14.5 Å². The number of hydrogen-bond acceptors (Lipinski definition) is 13. The molecule has 1 aromatic carbocycles. The predicted octanol–water partition coefficient (Wildman–Crippen LogP) is -9.99. The maximum absolute atomic E-state index is 12.7. The van der Waals surface area contributed by atoms with Gasteiger partial charge in [-0.25, -0.2) is 4.57 Å². The van der Waals surface area contributed by atoms with Crippen molar-refractivity contribution in [3.05, 3.63) is 46.5 Å². The van der Waals surface area contributed by atoms with E-state index in [0.29, 0.717) is 5.75 Å². The van der Waals surface area contributed by atoms with Crippen LogP contribution in [0.15, 0.2) is 35.4 Å². The summed E-state index contributed by atoms with van der Waals surface area (Å²) in [6.45, 7) is -0.582. The van der Waals surface area contributed by atoms with Crippen molar-refractivity contribution in [3.63, 3.8) is 0 Å². The number of benzene rings is 1. The SMILES string of the molecule is COc1cccc(Cn2c[n+]([C@@H]3O[C@H](COP(=O)([O-])[O-])[C@@H](O)[C@H]3O)c3nc(N)[nH]c(=O)c32)c1.O=C([O-])O.[Na+].[Na+]. The Morgan fingerprint density at radius 1 is 1.31 bits per heavy atom. The quantitative estimate of drug-likeness (QED) is 0.0973. The smallest absolute Gasteiger partial charge is 0.790 e. The number of rotatable bonds is 7. The van der Waals surface area contributed by atoms with E-state index in [9.17, 15) is 29.4 Å². The van der Waals surface area contributed by atoms with Crippen molar-refractivity contribution in [2.75, 3.05) is 19.5 Å². The Kier molecular flexibility index (Phi) is 13.5. The summed E-state index contributed by atoms with van der Waals surface area (Å²) >= 11 is 0. The zero-order chi connectivity index (χ0) is 27.5. The molecule has 1 saturated heterocycles. The number of carbonyl (C=O) groups is 1. The molecule has 0 amide bonds. The number of nitrogens with two attached hydrogens (primary N) is 1. The molecule has 0 radical (unpaired) electrons. The van der Waals surface area contributed by atoms with Gasteiger partial charge in [0.2, 0.25) is 17.9 Å². The number of anilines is 1. The number of ether oxygens (including phenoxy) is 2. The second-order valence-corrected chi connectivity index (χ2v) is 8.83. The molecule has 0 saturated carbocycles. The average Bonchev–Trinajstić information content (AvgIpc) is 3.28. The Morgan fingerprint density at radius 2 is 1.95 bits per heavy atom. The van der Waals surface area contributed by atoms with Crippen molar-refractivity contribution in [2.45, 2.75) is 31.1 Å². The number of nitrogen functional groups attached to an aromatic ring is 1. The maximum Gasteiger partial charge on any atom is 1.00 e. The molecule has 0 spiro atoms. The number of aromatic amines is 1. The number of fused-ring (bicyclic) bond motifs is 1. The third kappa shape index (κ3) is 9.22. The number of phosphoric acid groups is 1. The molecule has 0 unspecified atom stereocenters. The number of imidazole rings is 1. The fourth-order valence-corrected chi connectivity index (χ4v) is 4.04. The fourth-order valence-electron chi connectivity index (χ4n) is 3.71. The predicted molar refractivity (Wildman–Crippen MR) is 115 cm³/mol. The third-order valence-electron chi connectivity index (χ3n) is 5.19. The van der Waals surface area contributed by atoms with Gasteiger partial charge in [-0.05, 0) is 17.7 Å². The van der Waals surface area contributed by atoms with Crippen LogP contribution in [0.5, 0.6) is 5.75 Å². The van der Waals surface area contributed by atoms with Crippen LogP contribution in [0.1, 0.15) is 11.8 Å². The van der Waals surface area contributed by atoms with Gasteiger partial charge in [0.05, 0.1) is 28.1 Å². The number of methoxy groups -OCH3 is 1. The molecule has 1 fully saturated rings. The first-order valence-electron chi connectivity index (χ1n) is 10.3. The van der Waals surface area contributed by atoms with Crippen molar-refractivity contribution < 1.29 is 117 Å². The third-order valence-corrected chi connectivity index (χ3v) is 5.65. The topological polar surface area (TPSA) is 272 Å². The van der Waals surface area contributed by atoms with E-state index < -0.39 is 50.7 Å². The number of nitrogens with zero attached hydrogens (tertiary/aromatic N) is 3. The van der Waals surface area contributed by atoms with Crippen LogP contribution in [-0.4, -0.2) is 68.0 Å². The number of carboxylic acid groups (broad SMARTS) is 2. The van der Waals surface area contributed by atoms with Crippen LogP contribution in [0.3, 0.4) is 0 Å². The number of aromatic nitrogens is 4. The molecule has 0 aliphatic carbocycles. The monoisotopic (exact) mass is 589 g/mol. The van der Waals surface area contributed by atoms with Gasteiger partial charge in [0.1, 0.15) is 24.1 Å². The van der Waals surface area contributed by atoms with Gasteiger partial charge in [-0.15, -0.1) is 0 Å². The molecule has 2 aromatic heterocycles. The molecule has 1 aliphatic rings. The van der Waals surface area contributed by atoms with Gasteiger partial charge < -0.3 is 59.3 Å². The molecule has 202 valence electrons. The first-order chi connectivity index (χ1) is 17.3. The zero-order valence-corrected chi connectivity index (χ0v) is 25.9. The van der Waals surface area contributed by atoms with Gasteiger partial charge in [-0.2, -0.15) is 0 Å². The van der Waals surface area contributed by atoms with Gasteiger partial charge in [0.15, 0.2) is 6.33 Å². The number of aliphatic hydroxyl groups excluding tert-OH is 2. The van der Waals surface area contributed by atoms with Gasteiger partial charge in [0, 0.05) is 0 Å². The van der Waals surface area contributed by atoms with E-state index >= 15 is 0 Å². The van der Waals surface area contributed by atoms with Gasteiger partial charge in [-0.3, -0.25) is 14.3 Å². The van der Waals surface area contributed by atoms with Crippen molar-refractivity contribution >= 4 is 31.1 Å². The summed E-state index contributed by atoms with van der Waals surface area (Å²) in [4.78, 5) is 49.2. The molecule has 4 rings (SSSR count). The molecule has 1 aliphatic heterocycles. The molecule has 6 N–H and O–H groups in total. The number of nitrogens with one attached hydrogen (secondary N) is 1. The van der Waals surface area contributed by atoms with E-state index in [4.69, 9.17) is 30.2 Å². The Labute approximate surface area is 264 Å². The molecular weight excluding hydrogens is 567 g/mol. The zero-order valence-electron chi connectivity index (χ0n) is 21.0. The Balaban J connectivity index is 0.00000119. The summed E-state index contributed by atoms with van der Waals surface area (Å²) in [7, 11) is -3.79. The molecule has 4 atom stereocenters. The van der Waals surface area contributed by atoms with Crippen molar-refractivity contribution in [2.24, 2.45) is 0 Å². The van der Waals surface area contributed by atoms with Crippen molar-refractivity contribution in [1.82, 2.24) is 14.5 Å². The van der Waals surface area contributed by atoms with Gasteiger partial charge >= 0.3 is 64.8 Å². The summed E-state index contributed by atoms with van der Waals surface area (Å²) < 4.78 is 28.6. The first kappa shape index (κ1) is 35.5. The minimum atomic E-state index is -5.32. The van der Waals surface area contributed by atoms with Crippen LogP contribution in [0, 0.1) is 0 Å². The molecule has 20 heteroatoms. The second kappa shape index (κ2) is 14.9. The Hall–Kier alpha value is -1.57. The maximum atomic E-state index is 12.7. The minimum Gasteiger partial charge on any atom is -0.790 e. The molecule has 39 heavy (non-hydrogen) atoms. The number of phosphoric ester groups is 1. The Bertz CT molecular complexity index is 1380. The van der Waals surface area contributed by atoms with E-state index in [0.717, 1.165) is 5.56 Å². The van der Waals surface area contributed by atoms with E-state index in [-0.39, 0.29) is 82.8 Å². The number of aliphatic hydroxyl groups is 2. The second-order valence-electron chi connectivity index (χ2n) is 7.68. The van der Waals surface area contributed by atoms with Crippen LogP contribution < -0.4 is 94.6 Å². The molecular formula is C19H22N5Na2O12P. The van der Waals surface area contributed by atoms with Gasteiger partial charge in [0.25, 0.3) is 11.5 Å². The molecule has 17 nitrogen and oxygen atoms in total. The standard InChI is InChI=1S/C18H22N5O9P.CH2O3.2Na/c1-30-10-4-2-3-9(5-10)6-22-8-23(15-12(22)16(26)21-18(19)20-15)17-14(25)13(24)11(32-17)7-31-33(27,28)29;2-1(3)4;;/h2-5,8,11,13-14,17,24-25H,6-7H2,1H3,(H4-,19,20,21,26,27,28,29);(H2,2,3,4);;/q;;2*+1/p-2/t11-,13-,14-,17-;;;/m1.../s1. The summed E-state index contributed by atoms with van der Waals surface area (Å²) in [6.07, 6.45) is -6.38. The average molecular weight is 589 g/mol. The first-order valence-corrected chi connectivity index (χ1v) is 11.8. The summed E-state index contributed by atoms with van der Waals surface area (Å²) in [6, 6.07) is 7.14. The Morgan fingerprint density at radius 3 is 2.54 bits per heavy atom. The van der Waals surface area contributed by atoms with Crippen molar-refractivity contribution in [3.8, 4) is 5.75 Å². The minimum absolute atomic E-state index is 0. The fraction of sp³-hybridized carbons (Fsp3) is 0.368. The van der Waals surface area contributed by atoms with Crippen LogP contribution in [0.4, 0.5) is 10.7 Å². The normalized spacial score (nSPS) is 20.3. The van der Waals surface area contributed by atoms with E-state index in [1.807, 2.05) is 6.07 Å². The summed E-state index contributed by atoms with van der Waals surface area (Å²) in [5.41, 5.74) is 6.10. The largest absolute Gasteiger partial charge is 1.00 e. The van der Waals surface area contributed by atoms with Crippen LogP contribution in [0.25, 0.3) is 11.2 Å². The van der Waals surface area contributed by atoms with Gasteiger partial charge in [-0.1, -0.05) is 17.1 Å². The summed E-state index contributed by atoms with van der Waals surface area (Å²) in [5, 5.41) is 36.1. The van der Waals surface area contributed by atoms with Crippen LogP contribution in [-0.2, 0) is 20.4 Å². The number of hydrogen-bond donors (Lipinski definition) is 5. The van der Waals surface area contributed by atoms with Crippen LogP contribution in [0.2, 0.25) is 0 Å². The van der Waals surface area contributed by atoms with E-state index in [1.54, 1.807) is 22.8 Å². The number of H-pyrrole nitrogens is 1. The molecule has 3 heterocycles. The molecule has 0 bridgehead atoms. The summed E-state index contributed by atoms with van der Waals surface area (Å²) in [5.74, 6) is 0.426.